The van der Waals surface area contributed by atoms with Crippen LogP contribution in [0.2, 0.25) is 0 Å². The van der Waals surface area contributed by atoms with Crippen molar-refractivity contribution in [2.24, 2.45) is 5.73 Å². The van der Waals surface area contributed by atoms with Gasteiger partial charge in [0.1, 0.15) is 6.10 Å². The van der Waals surface area contributed by atoms with Crippen molar-refractivity contribution < 1.29 is 9.53 Å². The summed E-state index contributed by atoms with van der Waals surface area (Å²) in [6.07, 6.45) is 1.24. The molecule has 0 radical (unpaired) electrons. The maximum absolute atomic E-state index is 11.4. The fourth-order valence-electron chi connectivity index (χ4n) is 2.64. The Balaban J connectivity index is 1.96. The second-order valence-corrected chi connectivity index (χ2v) is 5.02. The van der Waals surface area contributed by atoms with E-state index in [2.05, 4.69) is 9.88 Å². The van der Waals surface area contributed by atoms with Crippen LogP contribution in [0, 0.1) is 0 Å². The highest BCUT2D eigenvalue weighted by Crippen LogP contribution is 2.30. The van der Waals surface area contributed by atoms with E-state index in [1.807, 2.05) is 37.5 Å². The molecular formula is C14H17N3O2. The third-order valence-corrected chi connectivity index (χ3v) is 3.58. The topological polar surface area (TPSA) is 71.3 Å². The molecule has 3 N–H and O–H groups in total. The van der Waals surface area contributed by atoms with E-state index in [1.54, 1.807) is 0 Å². The second-order valence-electron chi connectivity index (χ2n) is 5.02. The zero-order valence-corrected chi connectivity index (χ0v) is 10.8. The SMILES string of the molecule is CN1CC(C(N)=O)OC(c2cccc3[nH]ccc23)C1. The number of morpholine rings is 1. The lowest BCUT2D eigenvalue weighted by Crippen LogP contribution is -2.47. The third kappa shape index (κ3) is 2.22. The molecule has 2 heterocycles. The number of hydrogen-bond donors (Lipinski definition) is 2. The molecular weight excluding hydrogens is 242 g/mol. The number of nitrogens with zero attached hydrogens (tertiary/aromatic N) is 1. The van der Waals surface area contributed by atoms with Gasteiger partial charge in [-0.05, 0) is 24.7 Å². The van der Waals surface area contributed by atoms with Gasteiger partial charge in [-0.1, -0.05) is 12.1 Å². The number of aromatic amines is 1. The lowest BCUT2D eigenvalue weighted by molar-refractivity contribution is -0.143. The average Bonchev–Trinajstić information content (AvgIpc) is 2.85. The van der Waals surface area contributed by atoms with Crippen LogP contribution >= 0.6 is 0 Å². The number of amides is 1. The molecule has 1 aliphatic rings. The molecule has 2 aromatic rings. The first kappa shape index (κ1) is 12.2. The van der Waals surface area contributed by atoms with Crippen molar-refractivity contribution in [2.75, 3.05) is 20.1 Å². The molecule has 0 bridgehead atoms. The minimum absolute atomic E-state index is 0.129. The summed E-state index contributed by atoms with van der Waals surface area (Å²) in [5.74, 6) is -0.405. The first-order valence-electron chi connectivity index (χ1n) is 6.34. The zero-order chi connectivity index (χ0) is 13.4. The van der Waals surface area contributed by atoms with E-state index in [-0.39, 0.29) is 6.10 Å². The summed E-state index contributed by atoms with van der Waals surface area (Å²) in [5, 5.41) is 1.13. The Hall–Kier alpha value is -1.85. The van der Waals surface area contributed by atoms with Gasteiger partial charge in [0.15, 0.2) is 0 Å². The van der Waals surface area contributed by atoms with Gasteiger partial charge < -0.3 is 20.4 Å². The van der Waals surface area contributed by atoms with Crippen molar-refractivity contribution in [1.29, 1.82) is 0 Å². The number of benzene rings is 1. The monoisotopic (exact) mass is 259 g/mol. The van der Waals surface area contributed by atoms with Crippen LogP contribution in [0.4, 0.5) is 0 Å². The van der Waals surface area contributed by atoms with E-state index in [0.29, 0.717) is 6.54 Å². The summed E-state index contributed by atoms with van der Waals surface area (Å²) in [4.78, 5) is 16.6. The number of primary amides is 1. The molecule has 1 amide bonds. The summed E-state index contributed by atoms with van der Waals surface area (Å²) in [6, 6.07) is 8.09. The molecule has 2 unspecified atom stereocenters. The predicted molar refractivity (Wildman–Crippen MR) is 72.6 cm³/mol. The highest BCUT2D eigenvalue weighted by Gasteiger charge is 2.30. The number of ether oxygens (including phenoxy) is 1. The third-order valence-electron chi connectivity index (χ3n) is 3.58. The Morgan fingerprint density at radius 1 is 1.42 bits per heavy atom. The molecule has 2 atom stereocenters. The summed E-state index contributed by atoms with van der Waals surface area (Å²) >= 11 is 0. The van der Waals surface area contributed by atoms with Gasteiger partial charge in [0.05, 0.1) is 6.10 Å². The summed E-state index contributed by atoms with van der Waals surface area (Å²) < 4.78 is 5.85. The van der Waals surface area contributed by atoms with E-state index < -0.39 is 12.0 Å². The van der Waals surface area contributed by atoms with Gasteiger partial charge in [0, 0.05) is 30.2 Å². The summed E-state index contributed by atoms with van der Waals surface area (Å²) in [6.45, 7) is 1.31. The quantitative estimate of drug-likeness (QED) is 0.846. The normalized spacial score (nSPS) is 24.7. The van der Waals surface area contributed by atoms with Gasteiger partial charge in [-0.15, -0.1) is 0 Å². The molecule has 0 saturated carbocycles. The van der Waals surface area contributed by atoms with Crippen molar-refractivity contribution in [3.8, 4) is 0 Å². The van der Waals surface area contributed by atoms with Crippen LogP contribution in [0.3, 0.4) is 0 Å². The maximum Gasteiger partial charge on any atom is 0.247 e. The van der Waals surface area contributed by atoms with Gasteiger partial charge in [0.2, 0.25) is 5.91 Å². The van der Waals surface area contributed by atoms with Crippen molar-refractivity contribution >= 4 is 16.8 Å². The number of rotatable bonds is 2. The number of hydrogen-bond acceptors (Lipinski definition) is 3. The first-order valence-corrected chi connectivity index (χ1v) is 6.34. The van der Waals surface area contributed by atoms with Crippen LogP contribution in [-0.4, -0.2) is 42.0 Å². The van der Waals surface area contributed by atoms with Gasteiger partial charge in [-0.3, -0.25) is 4.79 Å². The first-order chi connectivity index (χ1) is 9.15. The molecule has 1 aromatic heterocycles. The highest BCUT2D eigenvalue weighted by molar-refractivity contribution is 5.83. The second kappa shape index (κ2) is 4.68. The smallest absolute Gasteiger partial charge is 0.247 e. The Bertz CT molecular complexity index is 608. The van der Waals surface area contributed by atoms with Crippen LogP contribution < -0.4 is 5.73 Å². The molecule has 5 nitrogen and oxygen atoms in total. The number of likely N-dealkylation sites (N-methyl/N-ethyl adjacent to an activating group) is 1. The van der Waals surface area contributed by atoms with Crippen LogP contribution in [0.25, 0.3) is 10.9 Å². The van der Waals surface area contributed by atoms with E-state index in [1.165, 1.54) is 0 Å². The van der Waals surface area contributed by atoms with Gasteiger partial charge in [-0.25, -0.2) is 0 Å². The number of fused-ring (bicyclic) bond motifs is 1. The predicted octanol–water partition coefficient (Wildman–Crippen LogP) is 1.02. The number of carbonyl (C=O) groups is 1. The Morgan fingerprint density at radius 3 is 3.05 bits per heavy atom. The fraction of sp³-hybridized carbons (Fsp3) is 0.357. The Kier molecular flexibility index (Phi) is 3.00. The van der Waals surface area contributed by atoms with Gasteiger partial charge in [-0.2, -0.15) is 0 Å². The number of H-pyrrole nitrogens is 1. The molecule has 1 aromatic carbocycles. The molecule has 100 valence electrons. The van der Waals surface area contributed by atoms with Crippen LogP contribution in [0.15, 0.2) is 30.5 Å². The lowest BCUT2D eigenvalue weighted by atomic mass is 10.0. The maximum atomic E-state index is 11.4. The molecule has 3 rings (SSSR count). The van der Waals surface area contributed by atoms with Crippen molar-refractivity contribution in [1.82, 2.24) is 9.88 Å². The van der Waals surface area contributed by atoms with Gasteiger partial charge >= 0.3 is 0 Å². The Morgan fingerprint density at radius 2 is 2.26 bits per heavy atom. The molecule has 5 heteroatoms. The fourth-order valence-corrected chi connectivity index (χ4v) is 2.64. The van der Waals surface area contributed by atoms with Crippen LogP contribution in [0.1, 0.15) is 11.7 Å². The van der Waals surface area contributed by atoms with Gasteiger partial charge in [0.25, 0.3) is 0 Å². The van der Waals surface area contributed by atoms with E-state index in [9.17, 15) is 4.79 Å². The summed E-state index contributed by atoms with van der Waals surface area (Å²) in [5.41, 5.74) is 7.53. The van der Waals surface area contributed by atoms with E-state index in [0.717, 1.165) is 23.0 Å². The molecule has 19 heavy (non-hydrogen) atoms. The number of aromatic nitrogens is 1. The van der Waals surface area contributed by atoms with E-state index >= 15 is 0 Å². The minimum atomic E-state index is -0.544. The molecule has 1 saturated heterocycles. The van der Waals surface area contributed by atoms with Crippen molar-refractivity contribution in [3.63, 3.8) is 0 Å². The number of carbonyl (C=O) groups excluding carboxylic acids is 1. The number of nitrogens with two attached hydrogens (primary N) is 1. The highest BCUT2D eigenvalue weighted by atomic mass is 16.5. The van der Waals surface area contributed by atoms with Crippen LogP contribution in [-0.2, 0) is 9.53 Å². The standard InChI is InChI=1S/C14H17N3O2/c1-17-7-12(19-13(8-17)14(15)18)10-3-2-4-11-9(10)5-6-16-11/h2-6,12-13,16H,7-8H2,1H3,(H2,15,18). The summed E-state index contributed by atoms with van der Waals surface area (Å²) in [7, 11) is 1.97. The Labute approximate surface area is 111 Å². The number of nitrogens with one attached hydrogen (secondary N) is 1. The van der Waals surface area contributed by atoms with Crippen molar-refractivity contribution in [3.05, 3.63) is 36.0 Å². The van der Waals surface area contributed by atoms with Crippen molar-refractivity contribution in [2.45, 2.75) is 12.2 Å². The minimum Gasteiger partial charge on any atom is -0.367 e. The molecule has 1 aliphatic heterocycles. The lowest BCUT2D eigenvalue weighted by Gasteiger charge is -2.35. The van der Waals surface area contributed by atoms with Crippen LogP contribution in [0.5, 0.6) is 0 Å². The van der Waals surface area contributed by atoms with E-state index in [4.69, 9.17) is 10.5 Å². The molecule has 1 fully saturated rings. The molecule has 0 aliphatic carbocycles. The average molecular weight is 259 g/mol. The zero-order valence-electron chi connectivity index (χ0n) is 10.8. The molecule has 0 spiro atoms. The largest absolute Gasteiger partial charge is 0.367 e.